The lowest BCUT2D eigenvalue weighted by Crippen LogP contribution is -2.45. The van der Waals surface area contributed by atoms with Crippen LogP contribution in [0.5, 0.6) is 0 Å². The van der Waals surface area contributed by atoms with E-state index in [0.717, 1.165) is 19.3 Å². The number of carboxylic acids is 1. The van der Waals surface area contributed by atoms with Gasteiger partial charge < -0.3 is 15.7 Å². The second-order valence-corrected chi connectivity index (χ2v) is 5.74. The number of nitrogens with one attached hydrogen (secondary N) is 2. The second-order valence-electron chi connectivity index (χ2n) is 4.71. The Bertz CT molecular complexity index is 433. The van der Waals surface area contributed by atoms with E-state index in [4.69, 9.17) is 5.11 Å². The molecule has 2 atom stereocenters. The molecule has 1 aromatic rings. The maximum Gasteiger partial charge on any atom is 0.315 e. The third-order valence-electron chi connectivity index (χ3n) is 3.39. The van der Waals surface area contributed by atoms with Crippen molar-refractivity contribution >= 4 is 23.3 Å². The summed E-state index contributed by atoms with van der Waals surface area (Å²) >= 11 is 1.66. The lowest BCUT2D eigenvalue weighted by Gasteiger charge is -2.17. The van der Waals surface area contributed by atoms with Crippen LogP contribution in [0, 0.1) is 5.92 Å². The van der Waals surface area contributed by atoms with Crippen molar-refractivity contribution in [3.05, 3.63) is 22.4 Å². The van der Waals surface area contributed by atoms with Crippen LogP contribution >= 0.6 is 11.3 Å². The lowest BCUT2D eigenvalue weighted by molar-refractivity contribution is -0.142. The van der Waals surface area contributed by atoms with Crippen molar-refractivity contribution < 1.29 is 14.7 Å². The Hall–Kier alpha value is -1.56. The van der Waals surface area contributed by atoms with Crippen LogP contribution in [0.25, 0.3) is 0 Å². The van der Waals surface area contributed by atoms with Gasteiger partial charge in [0.15, 0.2) is 0 Å². The number of urea groups is 1. The Labute approximate surface area is 116 Å². The summed E-state index contributed by atoms with van der Waals surface area (Å²) in [6, 6.07) is 3.51. The van der Waals surface area contributed by atoms with Gasteiger partial charge in [-0.1, -0.05) is 12.5 Å². The Morgan fingerprint density at radius 2 is 2.26 bits per heavy atom. The molecule has 19 heavy (non-hydrogen) atoms. The van der Waals surface area contributed by atoms with Crippen LogP contribution < -0.4 is 10.6 Å². The summed E-state index contributed by atoms with van der Waals surface area (Å²) in [5, 5.41) is 16.6. The van der Waals surface area contributed by atoms with Gasteiger partial charge in [-0.2, -0.15) is 0 Å². The highest BCUT2D eigenvalue weighted by Gasteiger charge is 2.33. The number of amides is 2. The average Bonchev–Trinajstić information content (AvgIpc) is 2.99. The summed E-state index contributed by atoms with van der Waals surface area (Å²) in [5.41, 5.74) is 0. The van der Waals surface area contributed by atoms with Crippen molar-refractivity contribution in [2.24, 2.45) is 5.92 Å². The number of rotatable bonds is 5. The van der Waals surface area contributed by atoms with Gasteiger partial charge in [0.05, 0.1) is 5.92 Å². The summed E-state index contributed by atoms with van der Waals surface area (Å²) in [5.74, 6) is -1.26. The first-order chi connectivity index (χ1) is 9.16. The molecule has 104 valence electrons. The quantitative estimate of drug-likeness (QED) is 0.771. The van der Waals surface area contributed by atoms with E-state index in [2.05, 4.69) is 10.6 Å². The highest BCUT2D eigenvalue weighted by molar-refractivity contribution is 7.09. The van der Waals surface area contributed by atoms with Gasteiger partial charge in [-0.25, -0.2) is 4.79 Å². The van der Waals surface area contributed by atoms with Crippen molar-refractivity contribution in [1.29, 1.82) is 0 Å². The van der Waals surface area contributed by atoms with Gasteiger partial charge in [0, 0.05) is 17.5 Å². The Morgan fingerprint density at radius 1 is 1.42 bits per heavy atom. The highest BCUT2D eigenvalue weighted by atomic mass is 32.1. The zero-order chi connectivity index (χ0) is 13.7. The average molecular weight is 282 g/mol. The number of hydrogen-bond acceptors (Lipinski definition) is 3. The molecule has 0 radical (unpaired) electrons. The predicted octanol–water partition coefficient (Wildman–Crippen LogP) is 1.84. The summed E-state index contributed by atoms with van der Waals surface area (Å²) < 4.78 is 0. The Balaban J connectivity index is 1.70. The van der Waals surface area contributed by atoms with Crippen LogP contribution in [0.3, 0.4) is 0 Å². The summed E-state index contributed by atoms with van der Waals surface area (Å²) in [6.07, 6.45) is 3.06. The van der Waals surface area contributed by atoms with Crippen LogP contribution in [-0.4, -0.2) is 29.7 Å². The van der Waals surface area contributed by atoms with Crippen LogP contribution in [-0.2, 0) is 11.2 Å². The first-order valence-corrected chi connectivity index (χ1v) is 7.34. The van der Waals surface area contributed by atoms with Gasteiger partial charge >= 0.3 is 12.0 Å². The van der Waals surface area contributed by atoms with E-state index in [1.54, 1.807) is 11.3 Å². The third-order valence-corrected chi connectivity index (χ3v) is 4.32. The SMILES string of the molecule is O=C(NCCc1cccs1)NC1CCCC1C(=O)O. The molecule has 1 aliphatic rings. The number of aliphatic carboxylic acids is 1. The highest BCUT2D eigenvalue weighted by Crippen LogP contribution is 2.25. The molecule has 1 fully saturated rings. The second kappa shape index (κ2) is 6.56. The van der Waals surface area contributed by atoms with Crippen molar-refractivity contribution in [3.8, 4) is 0 Å². The monoisotopic (exact) mass is 282 g/mol. The molecule has 3 N–H and O–H groups in total. The van der Waals surface area contributed by atoms with Crippen LogP contribution in [0.15, 0.2) is 17.5 Å². The standard InChI is InChI=1S/C13H18N2O3S/c16-12(17)10-4-1-5-11(10)15-13(18)14-7-6-9-3-2-8-19-9/h2-3,8,10-11H,1,4-7H2,(H,16,17)(H2,14,15,18). The van der Waals surface area contributed by atoms with Crippen LogP contribution in [0.4, 0.5) is 4.79 Å². The number of carbonyl (C=O) groups is 2. The van der Waals surface area contributed by atoms with Gasteiger partial charge in [0.2, 0.25) is 0 Å². The molecule has 0 aromatic carbocycles. The summed E-state index contributed by atoms with van der Waals surface area (Å²) in [7, 11) is 0. The van der Waals surface area contributed by atoms with E-state index in [0.29, 0.717) is 13.0 Å². The van der Waals surface area contributed by atoms with Crippen molar-refractivity contribution in [1.82, 2.24) is 10.6 Å². The lowest BCUT2D eigenvalue weighted by atomic mass is 10.0. The molecule has 2 rings (SSSR count). The largest absolute Gasteiger partial charge is 0.481 e. The molecule has 0 spiro atoms. The van der Waals surface area contributed by atoms with Crippen LogP contribution in [0.1, 0.15) is 24.1 Å². The minimum Gasteiger partial charge on any atom is -0.481 e. The minimum absolute atomic E-state index is 0.237. The maximum absolute atomic E-state index is 11.7. The van der Waals surface area contributed by atoms with Crippen molar-refractivity contribution in [3.63, 3.8) is 0 Å². The smallest absolute Gasteiger partial charge is 0.315 e. The van der Waals surface area contributed by atoms with E-state index in [1.807, 2.05) is 17.5 Å². The van der Waals surface area contributed by atoms with Gasteiger partial charge in [-0.05, 0) is 30.7 Å². The molecule has 5 nitrogen and oxygen atoms in total. The number of carbonyl (C=O) groups excluding carboxylic acids is 1. The predicted molar refractivity (Wildman–Crippen MR) is 73.3 cm³/mol. The molecule has 2 amide bonds. The maximum atomic E-state index is 11.7. The molecular weight excluding hydrogens is 264 g/mol. The number of thiophene rings is 1. The van der Waals surface area contributed by atoms with Gasteiger partial charge in [-0.3, -0.25) is 4.79 Å². The van der Waals surface area contributed by atoms with E-state index in [-0.39, 0.29) is 12.1 Å². The topological polar surface area (TPSA) is 78.4 Å². The number of carboxylic acid groups (broad SMARTS) is 1. The molecule has 0 saturated heterocycles. The van der Waals surface area contributed by atoms with E-state index in [1.165, 1.54) is 4.88 Å². The fraction of sp³-hybridized carbons (Fsp3) is 0.538. The molecule has 0 aliphatic heterocycles. The van der Waals surface area contributed by atoms with Crippen LogP contribution in [0.2, 0.25) is 0 Å². The van der Waals surface area contributed by atoms with Gasteiger partial charge in [-0.15, -0.1) is 11.3 Å². The normalized spacial score (nSPS) is 22.1. The van der Waals surface area contributed by atoms with Crippen molar-refractivity contribution in [2.45, 2.75) is 31.7 Å². The molecular formula is C13H18N2O3S. The summed E-state index contributed by atoms with van der Waals surface area (Å²) in [6.45, 7) is 0.566. The van der Waals surface area contributed by atoms with Gasteiger partial charge in [0.1, 0.15) is 0 Å². The molecule has 0 bridgehead atoms. The zero-order valence-electron chi connectivity index (χ0n) is 10.6. The summed E-state index contributed by atoms with van der Waals surface area (Å²) in [4.78, 5) is 23.9. The van der Waals surface area contributed by atoms with E-state index in [9.17, 15) is 9.59 Å². The molecule has 1 aliphatic carbocycles. The molecule has 1 aromatic heterocycles. The van der Waals surface area contributed by atoms with E-state index >= 15 is 0 Å². The molecule has 1 heterocycles. The number of hydrogen-bond donors (Lipinski definition) is 3. The first-order valence-electron chi connectivity index (χ1n) is 6.46. The van der Waals surface area contributed by atoms with Crippen molar-refractivity contribution in [2.75, 3.05) is 6.54 Å². The fourth-order valence-electron chi connectivity index (χ4n) is 2.40. The first kappa shape index (κ1) is 13.9. The zero-order valence-corrected chi connectivity index (χ0v) is 11.4. The molecule has 2 unspecified atom stereocenters. The Morgan fingerprint density at radius 3 is 2.95 bits per heavy atom. The Kier molecular flexibility index (Phi) is 4.79. The van der Waals surface area contributed by atoms with E-state index < -0.39 is 11.9 Å². The molecule has 1 saturated carbocycles. The molecule has 6 heteroatoms. The van der Waals surface area contributed by atoms with Gasteiger partial charge in [0.25, 0.3) is 0 Å². The minimum atomic E-state index is -0.818. The third kappa shape index (κ3) is 3.96. The fourth-order valence-corrected chi connectivity index (χ4v) is 3.11.